The van der Waals surface area contributed by atoms with Crippen molar-refractivity contribution in [2.75, 3.05) is 13.6 Å². The molecule has 0 aliphatic heterocycles. The number of aromatic nitrogens is 1. The quantitative estimate of drug-likeness (QED) is 0.840. The first-order chi connectivity index (χ1) is 9.70. The van der Waals surface area contributed by atoms with Crippen LogP contribution in [0.1, 0.15) is 27.6 Å². The van der Waals surface area contributed by atoms with E-state index in [-0.39, 0.29) is 5.91 Å². The van der Waals surface area contributed by atoms with E-state index in [0.29, 0.717) is 18.0 Å². The molecule has 106 valence electrons. The Bertz CT molecular complexity index is 578. The summed E-state index contributed by atoms with van der Waals surface area (Å²) in [5.41, 5.74) is 1.73. The Balaban J connectivity index is 2.01. The van der Waals surface area contributed by atoms with Crippen molar-refractivity contribution in [2.45, 2.75) is 19.9 Å². The third-order valence-corrected chi connectivity index (χ3v) is 2.98. The normalized spacial score (nSPS) is 10.5. The second-order valence-electron chi connectivity index (χ2n) is 4.56. The van der Waals surface area contributed by atoms with Crippen molar-refractivity contribution in [1.82, 2.24) is 15.6 Å². The minimum atomic E-state index is -0.104. The first-order valence-corrected chi connectivity index (χ1v) is 6.62. The van der Waals surface area contributed by atoms with Gasteiger partial charge in [-0.1, -0.05) is 18.2 Å². The zero-order valence-corrected chi connectivity index (χ0v) is 11.8. The molecule has 1 aromatic heterocycles. The van der Waals surface area contributed by atoms with Crippen LogP contribution in [-0.4, -0.2) is 24.5 Å². The van der Waals surface area contributed by atoms with Crippen LogP contribution in [0.3, 0.4) is 0 Å². The van der Waals surface area contributed by atoms with Crippen molar-refractivity contribution in [3.63, 3.8) is 0 Å². The highest BCUT2D eigenvalue weighted by Crippen LogP contribution is 2.10. The maximum Gasteiger partial charge on any atom is 0.251 e. The standard InChI is InChI=1S/C15H19N3O2/c1-11-9-17-14(20-11)10-18-15(19)13-6-4-3-5-12(13)7-8-16-2/h3-6,9,16H,7-8,10H2,1-2H3,(H,18,19). The minimum absolute atomic E-state index is 0.104. The van der Waals surface area contributed by atoms with Gasteiger partial charge in [0.05, 0.1) is 12.7 Å². The number of rotatable bonds is 6. The Morgan fingerprint density at radius 3 is 2.85 bits per heavy atom. The van der Waals surface area contributed by atoms with E-state index >= 15 is 0 Å². The summed E-state index contributed by atoms with van der Waals surface area (Å²) in [6.07, 6.45) is 2.46. The van der Waals surface area contributed by atoms with Crippen LogP contribution in [-0.2, 0) is 13.0 Å². The molecule has 2 N–H and O–H groups in total. The van der Waals surface area contributed by atoms with Crippen LogP contribution in [0.4, 0.5) is 0 Å². The van der Waals surface area contributed by atoms with Gasteiger partial charge in [0.15, 0.2) is 0 Å². The van der Waals surface area contributed by atoms with Gasteiger partial charge in [-0.3, -0.25) is 4.79 Å². The number of oxazole rings is 1. The molecule has 0 saturated carbocycles. The van der Waals surface area contributed by atoms with E-state index in [0.717, 1.165) is 24.3 Å². The van der Waals surface area contributed by atoms with Crippen LogP contribution in [0, 0.1) is 6.92 Å². The number of benzene rings is 1. The summed E-state index contributed by atoms with van der Waals surface area (Å²) in [5, 5.41) is 5.92. The molecule has 0 aliphatic rings. The Morgan fingerprint density at radius 2 is 2.15 bits per heavy atom. The molecule has 0 atom stereocenters. The molecule has 0 bridgehead atoms. The highest BCUT2D eigenvalue weighted by Gasteiger charge is 2.11. The third kappa shape index (κ3) is 3.68. The van der Waals surface area contributed by atoms with Gasteiger partial charge in [0.2, 0.25) is 5.89 Å². The van der Waals surface area contributed by atoms with Crippen LogP contribution >= 0.6 is 0 Å². The molecule has 5 heteroatoms. The van der Waals surface area contributed by atoms with Crippen LogP contribution in [0.25, 0.3) is 0 Å². The van der Waals surface area contributed by atoms with Gasteiger partial charge < -0.3 is 15.1 Å². The van der Waals surface area contributed by atoms with Crippen molar-refractivity contribution in [2.24, 2.45) is 0 Å². The summed E-state index contributed by atoms with van der Waals surface area (Å²) in [5.74, 6) is 1.15. The molecule has 5 nitrogen and oxygen atoms in total. The monoisotopic (exact) mass is 273 g/mol. The number of hydrogen-bond donors (Lipinski definition) is 2. The van der Waals surface area contributed by atoms with Gasteiger partial charge >= 0.3 is 0 Å². The smallest absolute Gasteiger partial charge is 0.251 e. The Labute approximate surface area is 118 Å². The Kier molecular flexibility index (Phi) is 4.90. The van der Waals surface area contributed by atoms with Gasteiger partial charge in [-0.25, -0.2) is 4.98 Å². The lowest BCUT2D eigenvalue weighted by atomic mass is 10.0. The number of likely N-dealkylation sites (N-methyl/N-ethyl adjacent to an activating group) is 1. The fraction of sp³-hybridized carbons (Fsp3) is 0.333. The van der Waals surface area contributed by atoms with Crippen LogP contribution in [0.15, 0.2) is 34.9 Å². The maximum atomic E-state index is 12.2. The lowest BCUT2D eigenvalue weighted by Crippen LogP contribution is -2.24. The molecule has 0 radical (unpaired) electrons. The Hall–Kier alpha value is -2.14. The molecule has 1 heterocycles. The van der Waals surface area contributed by atoms with Crippen molar-refractivity contribution in [1.29, 1.82) is 0 Å². The van der Waals surface area contributed by atoms with Crippen molar-refractivity contribution >= 4 is 5.91 Å². The summed E-state index contributed by atoms with van der Waals surface area (Å²) in [7, 11) is 1.90. The zero-order valence-electron chi connectivity index (χ0n) is 11.8. The first-order valence-electron chi connectivity index (χ1n) is 6.62. The number of carbonyl (C=O) groups is 1. The van der Waals surface area contributed by atoms with Gasteiger partial charge in [-0.15, -0.1) is 0 Å². The summed E-state index contributed by atoms with van der Waals surface area (Å²) >= 11 is 0. The molecule has 20 heavy (non-hydrogen) atoms. The van der Waals surface area contributed by atoms with Gasteiger partial charge in [-0.2, -0.15) is 0 Å². The lowest BCUT2D eigenvalue weighted by molar-refractivity contribution is 0.0946. The summed E-state index contributed by atoms with van der Waals surface area (Å²) in [6, 6.07) is 7.62. The molecule has 1 amide bonds. The highest BCUT2D eigenvalue weighted by molar-refractivity contribution is 5.95. The lowest BCUT2D eigenvalue weighted by Gasteiger charge is -2.09. The highest BCUT2D eigenvalue weighted by atomic mass is 16.4. The maximum absolute atomic E-state index is 12.2. The largest absolute Gasteiger partial charge is 0.444 e. The molecular formula is C15H19N3O2. The van der Waals surface area contributed by atoms with Gasteiger partial charge in [-0.05, 0) is 38.6 Å². The zero-order chi connectivity index (χ0) is 14.4. The molecule has 0 spiro atoms. The number of nitrogens with one attached hydrogen (secondary N) is 2. The number of hydrogen-bond acceptors (Lipinski definition) is 4. The van der Waals surface area contributed by atoms with Gasteiger partial charge in [0.1, 0.15) is 5.76 Å². The van der Waals surface area contributed by atoms with Crippen LogP contribution < -0.4 is 10.6 Å². The predicted molar refractivity (Wildman–Crippen MR) is 76.5 cm³/mol. The predicted octanol–water partition coefficient (Wildman–Crippen LogP) is 1.67. The average Bonchev–Trinajstić information content (AvgIpc) is 2.88. The van der Waals surface area contributed by atoms with Gasteiger partial charge in [0.25, 0.3) is 5.91 Å². The second kappa shape index (κ2) is 6.86. The van der Waals surface area contributed by atoms with Crippen LogP contribution in [0.2, 0.25) is 0 Å². The van der Waals surface area contributed by atoms with E-state index in [9.17, 15) is 4.79 Å². The minimum Gasteiger partial charge on any atom is -0.444 e. The SMILES string of the molecule is CNCCc1ccccc1C(=O)NCc1ncc(C)o1. The summed E-state index contributed by atoms with van der Waals surface area (Å²) in [4.78, 5) is 16.3. The van der Waals surface area contributed by atoms with E-state index in [2.05, 4.69) is 15.6 Å². The second-order valence-corrected chi connectivity index (χ2v) is 4.56. The third-order valence-electron chi connectivity index (χ3n) is 2.98. The average molecular weight is 273 g/mol. The fourth-order valence-corrected chi connectivity index (χ4v) is 1.95. The number of aryl methyl sites for hydroxylation is 1. The van der Waals surface area contributed by atoms with E-state index in [1.165, 1.54) is 0 Å². The van der Waals surface area contributed by atoms with E-state index < -0.39 is 0 Å². The number of carbonyl (C=O) groups excluding carboxylic acids is 1. The molecule has 1 aromatic carbocycles. The molecule has 0 fully saturated rings. The molecule has 0 saturated heterocycles. The summed E-state index contributed by atoms with van der Waals surface area (Å²) in [6.45, 7) is 2.96. The van der Waals surface area contributed by atoms with Gasteiger partial charge in [0, 0.05) is 5.56 Å². The molecular weight excluding hydrogens is 254 g/mol. The molecule has 2 rings (SSSR count). The van der Waals surface area contributed by atoms with E-state index in [4.69, 9.17) is 4.42 Å². The molecule has 2 aromatic rings. The topological polar surface area (TPSA) is 67.2 Å². The van der Waals surface area contributed by atoms with Crippen molar-refractivity contribution in [3.8, 4) is 0 Å². The number of nitrogens with zero attached hydrogens (tertiary/aromatic N) is 1. The fourth-order valence-electron chi connectivity index (χ4n) is 1.95. The van der Waals surface area contributed by atoms with Crippen molar-refractivity contribution in [3.05, 3.63) is 53.2 Å². The van der Waals surface area contributed by atoms with E-state index in [1.807, 2.05) is 38.2 Å². The van der Waals surface area contributed by atoms with Crippen molar-refractivity contribution < 1.29 is 9.21 Å². The molecule has 0 unspecified atom stereocenters. The Morgan fingerprint density at radius 1 is 1.35 bits per heavy atom. The first kappa shape index (κ1) is 14.3. The molecule has 0 aliphatic carbocycles. The van der Waals surface area contributed by atoms with E-state index in [1.54, 1.807) is 6.20 Å². The van der Waals surface area contributed by atoms with Crippen LogP contribution in [0.5, 0.6) is 0 Å². The number of amides is 1. The summed E-state index contributed by atoms with van der Waals surface area (Å²) < 4.78 is 5.33.